The van der Waals surface area contributed by atoms with Crippen molar-refractivity contribution in [2.24, 2.45) is 0 Å². The molecule has 2 atom stereocenters. The molecule has 0 aromatic heterocycles. The predicted octanol–water partition coefficient (Wildman–Crippen LogP) is 2.55. The highest BCUT2D eigenvalue weighted by Gasteiger charge is 2.42. The molecular formula is C7H11Cl3O2. The maximum absolute atomic E-state index is 5.94. The summed E-state index contributed by atoms with van der Waals surface area (Å²) in [5.74, 6) is 0. The van der Waals surface area contributed by atoms with Gasteiger partial charge in [-0.25, -0.2) is 0 Å². The van der Waals surface area contributed by atoms with E-state index in [1.165, 1.54) is 0 Å². The van der Waals surface area contributed by atoms with E-state index >= 15 is 0 Å². The second-order valence-corrected chi connectivity index (χ2v) is 4.84. The summed E-state index contributed by atoms with van der Waals surface area (Å²) in [5.41, 5.74) is 0. The van der Waals surface area contributed by atoms with E-state index < -0.39 is 10.6 Å². The van der Waals surface area contributed by atoms with Crippen LogP contribution in [0.1, 0.15) is 13.3 Å². The number of hydrogen-bond donors (Lipinski definition) is 0. The van der Waals surface area contributed by atoms with Crippen molar-refractivity contribution in [1.29, 1.82) is 0 Å². The van der Waals surface area contributed by atoms with Gasteiger partial charge in [-0.1, -0.05) is 23.2 Å². The highest BCUT2D eigenvalue weighted by Crippen LogP contribution is 2.38. The topological polar surface area (TPSA) is 18.5 Å². The molecule has 0 saturated carbocycles. The Hall–Kier alpha value is 0.790. The molecule has 1 rings (SSSR count). The maximum atomic E-state index is 5.94. The van der Waals surface area contributed by atoms with Gasteiger partial charge >= 0.3 is 0 Å². The first-order valence-corrected chi connectivity index (χ1v) is 5.00. The highest BCUT2D eigenvalue weighted by molar-refractivity contribution is 6.49. The van der Waals surface area contributed by atoms with Gasteiger partial charge < -0.3 is 9.47 Å². The third-order valence-electron chi connectivity index (χ3n) is 1.58. The van der Waals surface area contributed by atoms with E-state index in [9.17, 15) is 0 Å². The van der Waals surface area contributed by atoms with Crippen LogP contribution in [0.4, 0.5) is 0 Å². The van der Waals surface area contributed by atoms with E-state index in [-0.39, 0.29) is 5.38 Å². The Kier molecular flexibility index (Phi) is 3.93. The third-order valence-corrected chi connectivity index (χ3v) is 2.53. The van der Waals surface area contributed by atoms with Gasteiger partial charge in [-0.3, -0.25) is 0 Å². The standard InChI is InChI=1S/C7H11Cl3O2/c1-2-11-6-7(9,10)3-5(8)4-12-6/h5-6H,2-4H2,1H3. The Morgan fingerprint density at radius 2 is 2.25 bits per heavy atom. The van der Waals surface area contributed by atoms with E-state index in [4.69, 9.17) is 44.3 Å². The molecule has 0 spiro atoms. The second kappa shape index (κ2) is 4.34. The Morgan fingerprint density at radius 3 is 2.75 bits per heavy atom. The van der Waals surface area contributed by atoms with Crippen LogP contribution in [-0.2, 0) is 9.47 Å². The van der Waals surface area contributed by atoms with Crippen LogP contribution < -0.4 is 0 Å². The van der Waals surface area contributed by atoms with Crippen LogP contribution in [0.15, 0.2) is 0 Å². The number of ether oxygens (including phenoxy) is 2. The minimum Gasteiger partial charge on any atom is -0.350 e. The van der Waals surface area contributed by atoms with E-state index in [2.05, 4.69) is 0 Å². The van der Waals surface area contributed by atoms with Crippen molar-refractivity contribution in [3.8, 4) is 0 Å². The van der Waals surface area contributed by atoms with Gasteiger partial charge in [0.25, 0.3) is 0 Å². The van der Waals surface area contributed by atoms with Gasteiger partial charge in [0.15, 0.2) is 10.6 Å². The SMILES string of the molecule is CCOC1OCC(Cl)CC1(Cl)Cl. The maximum Gasteiger partial charge on any atom is 0.190 e. The molecule has 2 nitrogen and oxygen atoms in total. The monoisotopic (exact) mass is 232 g/mol. The summed E-state index contributed by atoms with van der Waals surface area (Å²) in [6.07, 6.45) is -0.0664. The van der Waals surface area contributed by atoms with Crippen molar-refractivity contribution in [1.82, 2.24) is 0 Å². The summed E-state index contributed by atoms with van der Waals surface area (Å²) < 4.78 is 9.42. The van der Waals surface area contributed by atoms with Crippen molar-refractivity contribution in [3.05, 3.63) is 0 Å². The smallest absolute Gasteiger partial charge is 0.190 e. The zero-order valence-electron chi connectivity index (χ0n) is 6.73. The quantitative estimate of drug-likeness (QED) is 0.683. The first-order valence-electron chi connectivity index (χ1n) is 3.81. The fourth-order valence-electron chi connectivity index (χ4n) is 1.09. The molecule has 0 amide bonds. The largest absolute Gasteiger partial charge is 0.350 e. The van der Waals surface area contributed by atoms with E-state index in [1.807, 2.05) is 6.92 Å². The minimum absolute atomic E-state index is 0.128. The van der Waals surface area contributed by atoms with Gasteiger partial charge in [0.1, 0.15) is 0 Å². The lowest BCUT2D eigenvalue weighted by Crippen LogP contribution is -2.44. The summed E-state index contributed by atoms with van der Waals surface area (Å²) in [6, 6.07) is 0. The molecule has 0 aliphatic carbocycles. The van der Waals surface area contributed by atoms with Crippen LogP contribution >= 0.6 is 34.8 Å². The molecule has 0 aromatic rings. The predicted molar refractivity (Wildman–Crippen MR) is 50.1 cm³/mol. The molecule has 1 aliphatic heterocycles. The molecule has 0 bridgehead atoms. The van der Waals surface area contributed by atoms with E-state index in [1.54, 1.807) is 0 Å². The highest BCUT2D eigenvalue weighted by atomic mass is 35.5. The molecule has 1 fully saturated rings. The average Bonchev–Trinajstić information content (AvgIpc) is 1.94. The molecule has 0 radical (unpaired) electrons. The molecule has 1 aliphatic rings. The first kappa shape index (κ1) is 10.9. The summed E-state index contributed by atoms with van der Waals surface area (Å²) in [5, 5.41) is -0.128. The Bertz CT molecular complexity index is 152. The van der Waals surface area contributed by atoms with Crippen molar-refractivity contribution in [2.75, 3.05) is 13.2 Å². The summed E-state index contributed by atoms with van der Waals surface area (Å²) in [6.45, 7) is 2.83. The average molecular weight is 234 g/mol. The van der Waals surface area contributed by atoms with Gasteiger partial charge in [-0.15, -0.1) is 11.6 Å². The van der Waals surface area contributed by atoms with Crippen LogP contribution in [0, 0.1) is 0 Å². The van der Waals surface area contributed by atoms with Crippen LogP contribution in [-0.4, -0.2) is 29.2 Å². The molecule has 2 unspecified atom stereocenters. The molecular weight excluding hydrogens is 222 g/mol. The summed E-state index contributed by atoms with van der Waals surface area (Å²) in [7, 11) is 0. The number of hydrogen-bond acceptors (Lipinski definition) is 2. The third kappa shape index (κ3) is 2.64. The van der Waals surface area contributed by atoms with Crippen LogP contribution in [0.25, 0.3) is 0 Å². The normalized spacial score (nSPS) is 35.0. The minimum atomic E-state index is -1.01. The van der Waals surface area contributed by atoms with Crippen molar-refractivity contribution in [3.63, 3.8) is 0 Å². The summed E-state index contributed by atoms with van der Waals surface area (Å²) >= 11 is 17.7. The van der Waals surface area contributed by atoms with Gasteiger partial charge in [0, 0.05) is 13.0 Å². The van der Waals surface area contributed by atoms with Crippen molar-refractivity contribution >= 4 is 34.8 Å². The Balaban J connectivity index is 2.51. The van der Waals surface area contributed by atoms with Gasteiger partial charge in [0.05, 0.1) is 12.0 Å². The molecule has 0 N–H and O–H groups in total. The van der Waals surface area contributed by atoms with Crippen molar-refractivity contribution < 1.29 is 9.47 Å². The second-order valence-electron chi connectivity index (χ2n) is 2.68. The Labute approximate surface area is 87.1 Å². The fourth-order valence-corrected chi connectivity index (χ4v) is 2.18. The van der Waals surface area contributed by atoms with E-state index in [0.717, 1.165) is 0 Å². The number of alkyl halides is 3. The molecule has 1 saturated heterocycles. The first-order chi connectivity index (χ1) is 5.56. The number of halogens is 3. The fraction of sp³-hybridized carbons (Fsp3) is 1.00. The molecule has 5 heteroatoms. The molecule has 1 heterocycles. The molecule has 12 heavy (non-hydrogen) atoms. The lowest BCUT2D eigenvalue weighted by atomic mass is 10.2. The zero-order valence-corrected chi connectivity index (χ0v) is 8.99. The number of rotatable bonds is 2. The van der Waals surface area contributed by atoms with Crippen LogP contribution in [0.2, 0.25) is 0 Å². The lowest BCUT2D eigenvalue weighted by Gasteiger charge is -2.35. The summed E-state index contributed by atoms with van der Waals surface area (Å²) in [4.78, 5) is 0. The Morgan fingerprint density at radius 1 is 1.58 bits per heavy atom. The van der Waals surface area contributed by atoms with Crippen LogP contribution in [0.5, 0.6) is 0 Å². The van der Waals surface area contributed by atoms with E-state index in [0.29, 0.717) is 19.6 Å². The van der Waals surface area contributed by atoms with Crippen molar-refractivity contribution in [2.45, 2.75) is 29.3 Å². The van der Waals surface area contributed by atoms with Gasteiger partial charge in [0.2, 0.25) is 0 Å². The molecule has 72 valence electrons. The van der Waals surface area contributed by atoms with Gasteiger partial charge in [-0.2, -0.15) is 0 Å². The van der Waals surface area contributed by atoms with Crippen LogP contribution in [0.3, 0.4) is 0 Å². The zero-order chi connectivity index (χ0) is 9.19. The lowest BCUT2D eigenvalue weighted by molar-refractivity contribution is -0.163. The molecule has 0 aromatic carbocycles. The van der Waals surface area contributed by atoms with Gasteiger partial charge in [-0.05, 0) is 6.92 Å².